The number of hydrogen-bond acceptors (Lipinski definition) is 4. The number of hydrogen-bond donors (Lipinski definition) is 3. The van der Waals surface area contributed by atoms with E-state index in [0.29, 0.717) is 30.0 Å². The summed E-state index contributed by atoms with van der Waals surface area (Å²) in [5.41, 5.74) is 2.33. The number of nitrogens with one attached hydrogen (secondary N) is 2. The first-order chi connectivity index (χ1) is 12.1. The molecule has 0 spiro atoms. The number of fused-ring (bicyclic) bond motifs is 1. The van der Waals surface area contributed by atoms with Crippen LogP contribution in [0.5, 0.6) is 17.2 Å². The Morgan fingerprint density at radius 2 is 1.88 bits per heavy atom. The zero-order valence-corrected chi connectivity index (χ0v) is 14.1. The molecule has 3 rings (SSSR count). The number of phenolic OH excluding ortho intramolecular Hbond substituents is 1. The van der Waals surface area contributed by atoms with Gasteiger partial charge in [-0.3, -0.25) is 4.79 Å². The van der Waals surface area contributed by atoms with E-state index in [9.17, 15) is 9.90 Å². The molecule has 0 atom stereocenters. The minimum Gasteiger partial charge on any atom is -0.508 e. The van der Waals surface area contributed by atoms with Crippen molar-refractivity contribution in [1.82, 2.24) is 10.3 Å². The molecule has 0 bridgehead atoms. The number of H-pyrrole nitrogens is 1. The third-order valence-electron chi connectivity index (χ3n) is 4.09. The van der Waals surface area contributed by atoms with E-state index < -0.39 is 0 Å². The summed E-state index contributed by atoms with van der Waals surface area (Å²) in [7, 11) is 3.04. The Hall–Kier alpha value is -3.15. The molecule has 6 heteroatoms. The summed E-state index contributed by atoms with van der Waals surface area (Å²) >= 11 is 0. The van der Waals surface area contributed by atoms with E-state index in [1.165, 1.54) is 14.2 Å². The molecule has 0 aliphatic carbocycles. The average Bonchev–Trinajstić information content (AvgIpc) is 3.02. The van der Waals surface area contributed by atoms with Gasteiger partial charge in [0.25, 0.3) is 5.91 Å². The highest BCUT2D eigenvalue weighted by Gasteiger charge is 2.17. The fraction of sp³-hybridized carbons (Fsp3) is 0.211. The van der Waals surface area contributed by atoms with E-state index in [0.717, 1.165) is 16.5 Å². The predicted octanol–water partition coefficient (Wildman–Crippen LogP) is 2.86. The largest absolute Gasteiger partial charge is 0.508 e. The molecule has 6 nitrogen and oxygen atoms in total. The SMILES string of the molecule is COc1cccc(OC)c1C(=O)NCCc1c[nH]c2cc(O)ccc12. The monoisotopic (exact) mass is 340 g/mol. The Morgan fingerprint density at radius 1 is 1.16 bits per heavy atom. The van der Waals surface area contributed by atoms with E-state index in [1.54, 1.807) is 30.3 Å². The number of methoxy groups -OCH3 is 2. The van der Waals surface area contributed by atoms with Crippen LogP contribution in [-0.4, -0.2) is 36.8 Å². The maximum absolute atomic E-state index is 12.5. The Kier molecular flexibility index (Phi) is 4.79. The van der Waals surface area contributed by atoms with Gasteiger partial charge in [-0.1, -0.05) is 6.07 Å². The number of carbonyl (C=O) groups is 1. The van der Waals surface area contributed by atoms with Gasteiger partial charge in [-0.25, -0.2) is 0 Å². The number of carbonyl (C=O) groups excluding carboxylic acids is 1. The van der Waals surface area contributed by atoms with Crippen molar-refractivity contribution in [2.75, 3.05) is 20.8 Å². The normalized spacial score (nSPS) is 10.6. The average molecular weight is 340 g/mol. The third kappa shape index (κ3) is 3.38. The van der Waals surface area contributed by atoms with Gasteiger partial charge in [-0.05, 0) is 36.2 Å². The number of aromatic nitrogens is 1. The minimum absolute atomic E-state index is 0.220. The highest BCUT2D eigenvalue weighted by molar-refractivity contribution is 5.99. The fourth-order valence-electron chi connectivity index (χ4n) is 2.86. The number of aromatic hydroxyl groups is 1. The van der Waals surface area contributed by atoms with E-state index >= 15 is 0 Å². The van der Waals surface area contributed by atoms with Crippen LogP contribution in [-0.2, 0) is 6.42 Å². The predicted molar refractivity (Wildman–Crippen MR) is 95.5 cm³/mol. The lowest BCUT2D eigenvalue weighted by atomic mass is 10.1. The van der Waals surface area contributed by atoms with Gasteiger partial charge in [0, 0.05) is 29.7 Å². The number of phenols is 1. The van der Waals surface area contributed by atoms with E-state index in [4.69, 9.17) is 9.47 Å². The lowest BCUT2D eigenvalue weighted by Crippen LogP contribution is -2.26. The van der Waals surface area contributed by atoms with Gasteiger partial charge in [0.15, 0.2) is 0 Å². The summed E-state index contributed by atoms with van der Waals surface area (Å²) in [4.78, 5) is 15.7. The molecular weight excluding hydrogens is 320 g/mol. The van der Waals surface area contributed by atoms with Crippen molar-refractivity contribution in [1.29, 1.82) is 0 Å². The zero-order valence-electron chi connectivity index (χ0n) is 14.1. The molecule has 2 aromatic carbocycles. The summed E-state index contributed by atoms with van der Waals surface area (Å²) in [5, 5.41) is 13.4. The van der Waals surface area contributed by atoms with Crippen LogP contribution in [0.4, 0.5) is 0 Å². The molecule has 0 fully saturated rings. The molecule has 0 aliphatic rings. The van der Waals surface area contributed by atoms with E-state index in [1.807, 2.05) is 12.3 Å². The molecule has 1 amide bonds. The van der Waals surface area contributed by atoms with Crippen LogP contribution in [0.15, 0.2) is 42.6 Å². The fourth-order valence-corrected chi connectivity index (χ4v) is 2.86. The number of aromatic amines is 1. The van der Waals surface area contributed by atoms with Gasteiger partial charge >= 0.3 is 0 Å². The van der Waals surface area contributed by atoms with Gasteiger partial charge < -0.3 is 24.9 Å². The molecule has 0 unspecified atom stereocenters. The van der Waals surface area contributed by atoms with Gasteiger partial charge in [-0.15, -0.1) is 0 Å². The molecule has 1 aromatic heterocycles. The van der Waals surface area contributed by atoms with Crippen molar-refractivity contribution < 1.29 is 19.4 Å². The second kappa shape index (κ2) is 7.17. The molecule has 0 saturated carbocycles. The molecule has 3 aromatic rings. The number of amides is 1. The maximum Gasteiger partial charge on any atom is 0.258 e. The third-order valence-corrected chi connectivity index (χ3v) is 4.09. The highest BCUT2D eigenvalue weighted by atomic mass is 16.5. The highest BCUT2D eigenvalue weighted by Crippen LogP contribution is 2.28. The molecular formula is C19H20N2O4. The van der Waals surface area contributed by atoms with Crippen LogP contribution in [0.1, 0.15) is 15.9 Å². The van der Waals surface area contributed by atoms with E-state index in [-0.39, 0.29) is 11.7 Å². The Labute approximate surface area is 145 Å². The Balaban J connectivity index is 1.70. The van der Waals surface area contributed by atoms with Crippen LogP contribution in [0.2, 0.25) is 0 Å². The second-order valence-corrected chi connectivity index (χ2v) is 5.59. The number of rotatable bonds is 6. The zero-order chi connectivity index (χ0) is 17.8. The molecule has 3 N–H and O–H groups in total. The van der Waals surface area contributed by atoms with Crippen molar-refractivity contribution in [3.8, 4) is 17.2 Å². The molecule has 0 aliphatic heterocycles. The van der Waals surface area contributed by atoms with Crippen LogP contribution in [0.25, 0.3) is 10.9 Å². The van der Waals surface area contributed by atoms with Crippen molar-refractivity contribution in [3.05, 3.63) is 53.7 Å². The van der Waals surface area contributed by atoms with Gasteiger partial charge in [0.05, 0.1) is 14.2 Å². The molecule has 130 valence electrons. The minimum atomic E-state index is -0.244. The summed E-state index contributed by atoms with van der Waals surface area (Å²) in [6, 6.07) is 10.4. The maximum atomic E-state index is 12.5. The topological polar surface area (TPSA) is 83.6 Å². The van der Waals surface area contributed by atoms with E-state index in [2.05, 4.69) is 10.3 Å². The summed E-state index contributed by atoms with van der Waals surface area (Å²) in [6.07, 6.45) is 2.55. The van der Waals surface area contributed by atoms with Gasteiger partial charge in [0.2, 0.25) is 0 Å². The lowest BCUT2D eigenvalue weighted by Gasteiger charge is -2.12. The second-order valence-electron chi connectivity index (χ2n) is 5.59. The number of ether oxygens (including phenoxy) is 2. The van der Waals surface area contributed by atoms with Crippen LogP contribution < -0.4 is 14.8 Å². The standard InChI is InChI=1S/C19H20N2O4/c1-24-16-4-3-5-17(25-2)18(16)19(23)20-9-8-12-11-21-15-10-13(22)6-7-14(12)15/h3-7,10-11,21-22H,8-9H2,1-2H3,(H,20,23). The Bertz CT molecular complexity index is 879. The number of benzene rings is 2. The van der Waals surface area contributed by atoms with Crippen LogP contribution >= 0.6 is 0 Å². The first-order valence-electron chi connectivity index (χ1n) is 7.92. The summed E-state index contributed by atoms with van der Waals surface area (Å²) in [5.74, 6) is 0.920. The lowest BCUT2D eigenvalue weighted by molar-refractivity contribution is 0.0948. The smallest absolute Gasteiger partial charge is 0.258 e. The first-order valence-corrected chi connectivity index (χ1v) is 7.92. The summed E-state index contributed by atoms with van der Waals surface area (Å²) < 4.78 is 10.5. The van der Waals surface area contributed by atoms with Gasteiger partial charge in [0.1, 0.15) is 22.8 Å². The van der Waals surface area contributed by atoms with Crippen molar-refractivity contribution >= 4 is 16.8 Å². The molecule has 1 heterocycles. The molecule has 0 radical (unpaired) electrons. The quantitative estimate of drug-likeness (QED) is 0.644. The molecule has 25 heavy (non-hydrogen) atoms. The first kappa shape index (κ1) is 16.7. The van der Waals surface area contributed by atoms with Crippen molar-refractivity contribution in [2.45, 2.75) is 6.42 Å². The van der Waals surface area contributed by atoms with Crippen LogP contribution in [0.3, 0.4) is 0 Å². The Morgan fingerprint density at radius 3 is 2.56 bits per heavy atom. The van der Waals surface area contributed by atoms with Gasteiger partial charge in [-0.2, -0.15) is 0 Å². The van der Waals surface area contributed by atoms with Crippen molar-refractivity contribution in [3.63, 3.8) is 0 Å². The summed E-state index contributed by atoms with van der Waals surface area (Å²) in [6.45, 7) is 0.466. The van der Waals surface area contributed by atoms with Crippen LogP contribution in [0, 0.1) is 0 Å². The molecule has 0 saturated heterocycles. The van der Waals surface area contributed by atoms with Crippen molar-refractivity contribution in [2.24, 2.45) is 0 Å².